The molecule has 120 valence electrons. The van der Waals surface area contributed by atoms with Crippen LogP contribution in [0.4, 0.5) is 0 Å². The number of aromatic nitrogens is 1. The summed E-state index contributed by atoms with van der Waals surface area (Å²) in [6, 6.07) is 4.14. The molecule has 2 heterocycles. The van der Waals surface area contributed by atoms with E-state index in [9.17, 15) is 14.4 Å². The Hall–Kier alpha value is -2.28. The largest absolute Gasteiger partial charge is 0.319 e. The highest BCUT2D eigenvalue weighted by Crippen LogP contribution is 2.21. The van der Waals surface area contributed by atoms with Crippen LogP contribution in [0.5, 0.6) is 0 Å². The van der Waals surface area contributed by atoms with E-state index in [0.29, 0.717) is 4.80 Å². The molecule has 0 atom stereocenters. The average Bonchev–Trinajstić information content (AvgIpc) is 2.95. The number of hydrogen-bond acceptors (Lipinski definition) is 4. The quantitative estimate of drug-likeness (QED) is 0.782. The first-order chi connectivity index (χ1) is 10.9. The number of carbonyl (C=O) groups excluding carboxylic acids is 3. The maximum absolute atomic E-state index is 12.1. The summed E-state index contributed by atoms with van der Waals surface area (Å²) >= 11 is 1.42. The van der Waals surface area contributed by atoms with Gasteiger partial charge in [-0.05, 0) is 37.1 Å². The third-order valence-electron chi connectivity index (χ3n) is 4.09. The van der Waals surface area contributed by atoms with Crippen molar-refractivity contribution in [1.29, 1.82) is 0 Å². The summed E-state index contributed by atoms with van der Waals surface area (Å²) in [6.45, 7) is 3.81. The molecule has 0 bridgehead atoms. The van der Waals surface area contributed by atoms with E-state index in [0.717, 1.165) is 15.1 Å². The SMILES string of the molecule is Cc1cc2sc(=NC(=O)CN3C(=O)CCC3=O)n(C)c2cc1C. The molecule has 0 unspecified atom stereocenters. The molecule has 1 fully saturated rings. The predicted octanol–water partition coefficient (Wildman–Crippen LogP) is 1.43. The predicted molar refractivity (Wildman–Crippen MR) is 86.8 cm³/mol. The van der Waals surface area contributed by atoms with E-state index in [1.807, 2.05) is 25.5 Å². The van der Waals surface area contributed by atoms with Crippen LogP contribution >= 0.6 is 11.3 Å². The lowest BCUT2D eigenvalue weighted by molar-refractivity contribution is -0.141. The van der Waals surface area contributed by atoms with Crippen molar-refractivity contribution in [2.45, 2.75) is 26.7 Å². The van der Waals surface area contributed by atoms with Crippen molar-refractivity contribution in [3.8, 4) is 0 Å². The summed E-state index contributed by atoms with van der Waals surface area (Å²) in [7, 11) is 1.85. The fourth-order valence-electron chi connectivity index (χ4n) is 2.56. The van der Waals surface area contributed by atoms with Crippen LogP contribution in [0.1, 0.15) is 24.0 Å². The molecule has 0 radical (unpaired) electrons. The molecule has 2 aromatic rings. The molecule has 7 heteroatoms. The number of rotatable bonds is 2. The molecule has 1 saturated heterocycles. The van der Waals surface area contributed by atoms with Gasteiger partial charge in [0.2, 0.25) is 11.8 Å². The molecular weight excluding hydrogens is 314 g/mol. The second-order valence-electron chi connectivity index (χ2n) is 5.73. The molecule has 1 aliphatic heterocycles. The number of imide groups is 1. The van der Waals surface area contributed by atoms with Crippen molar-refractivity contribution in [3.05, 3.63) is 28.1 Å². The highest BCUT2D eigenvalue weighted by atomic mass is 32.1. The molecular formula is C16H17N3O3S. The van der Waals surface area contributed by atoms with Gasteiger partial charge in [0, 0.05) is 19.9 Å². The van der Waals surface area contributed by atoms with Crippen LogP contribution < -0.4 is 4.80 Å². The summed E-state index contributed by atoms with van der Waals surface area (Å²) in [5.74, 6) is -1.08. The zero-order chi connectivity index (χ0) is 16.7. The van der Waals surface area contributed by atoms with Gasteiger partial charge in [0.15, 0.2) is 4.80 Å². The maximum Gasteiger partial charge on any atom is 0.268 e. The first kappa shape index (κ1) is 15.6. The fourth-order valence-corrected chi connectivity index (χ4v) is 3.68. The lowest BCUT2D eigenvalue weighted by Crippen LogP contribution is -2.34. The number of aryl methyl sites for hydroxylation is 3. The standard InChI is InChI=1S/C16H17N3O3S/c1-9-6-11-12(7-10(9)2)23-16(18(11)3)17-13(20)8-19-14(21)4-5-15(19)22/h6-7H,4-5,8H2,1-3H3. The van der Waals surface area contributed by atoms with Gasteiger partial charge >= 0.3 is 0 Å². The van der Waals surface area contributed by atoms with Crippen LogP contribution in [-0.4, -0.2) is 33.7 Å². The molecule has 0 aliphatic carbocycles. The van der Waals surface area contributed by atoms with E-state index in [2.05, 4.69) is 17.1 Å². The van der Waals surface area contributed by atoms with E-state index < -0.39 is 5.91 Å². The van der Waals surface area contributed by atoms with Crippen LogP contribution in [0.25, 0.3) is 10.2 Å². The lowest BCUT2D eigenvalue weighted by Gasteiger charge is -2.09. The number of carbonyl (C=O) groups is 3. The van der Waals surface area contributed by atoms with Crippen molar-refractivity contribution in [3.63, 3.8) is 0 Å². The van der Waals surface area contributed by atoms with E-state index in [4.69, 9.17) is 0 Å². The van der Waals surface area contributed by atoms with Gasteiger partial charge in [-0.2, -0.15) is 4.99 Å². The fraction of sp³-hybridized carbons (Fsp3) is 0.375. The van der Waals surface area contributed by atoms with Crippen molar-refractivity contribution < 1.29 is 14.4 Å². The van der Waals surface area contributed by atoms with Crippen molar-refractivity contribution >= 4 is 39.3 Å². The Balaban J connectivity index is 1.94. The topological polar surface area (TPSA) is 71.7 Å². The third kappa shape index (κ3) is 2.84. The number of likely N-dealkylation sites (tertiary alicyclic amines) is 1. The minimum Gasteiger partial charge on any atom is -0.319 e. The molecule has 1 aromatic carbocycles. The van der Waals surface area contributed by atoms with Crippen molar-refractivity contribution in [2.75, 3.05) is 6.54 Å². The van der Waals surface area contributed by atoms with Crippen molar-refractivity contribution in [1.82, 2.24) is 9.47 Å². The van der Waals surface area contributed by atoms with Gasteiger partial charge < -0.3 is 4.57 Å². The number of amides is 3. The van der Waals surface area contributed by atoms with Crippen LogP contribution in [0, 0.1) is 13.8 Å². The maximum atomic E-state index is 12.1. The summed E-state index contributed by atoms with van der Waals surface area (Å²) in [4.78, 5) is 40.9. The van der Waals surface area contributed by atoms with Gasteiger partial charge in [0.1, 0.15) is 6.54 Å². The number of nitrogens with zero attached hydrogens (tertiary/aromatic N) is 3. The number of benzene rings is 1. The van der Waals surface area contributed by atoms with Crippen LogP contribution in [0.2, 0.25) is 0 Å². The first-order valence-electron chi connectivity index (χ1n) is 7.34. The van der Waals surface area contributed by atoms with Gasteiger partial charge in [-0.1, -0.05) is 11.3 Å². The highest BCUT2D eigenvalue weighted by Gasteiger charge is 2.30. The van der Waals surface area contributed by atoms with E-state index in [1.165, 1.54) is 22.5 Å². The summed E-state index contributed by atoms with van der Waals surface area (Å²) in [6.07, 6.45) is 0.364. The van der Waals surface area contributed by atoms with Crippen molar-refractivity contribution in [2.24, 2.45) is 12.0 Å². The van der Waals surface area contributed by atoms with Crippen LogP contribution in [0.15, 0.2) is 17.1 Å². The Bertz CT molecular complexity index is 891. The minimum absolute atomic E-state index is 0.182. The Morgan fingerprint density at radius 2 is 1.78 bits per heavy atom. The molecule has 6 nitrogen and oxygen atoms in total. The molecule has 1 aliphatic rings. The second kappa shape index (κ2) is 5.73. The van der Waals surface area contributed by atoms with Gasteiger partial charge in [-0.3, -0.25) is 19.3 Å². The number of fused-ring (bicyclic) bond motifs is 1. The van der Waals surface area contributed by atoms with Crippen LogP contribution in [0.3, 0.4) is 0 Å². The summed E-state index contributed by atoms with van der Waals surface area (Å²) in [5.41, 5.74) is 3.38. The van der Waals surface area contributed by atoms with Gasteiger partial charge in [0.05, 0.1) is 10.2 Å². The lowest BCUT2D eigenvalue weighted by atomic mass is 10.1. The minimum atomic E-state index is -0.482. The summed E-state index contributed by atoms with van der Waals surface area (Å²) in [5, 5.41) is 0. The zero-order valence-electron chi connectivity index (χ0n) is 13.3. The molecule has 23 heavy (non-hydrogen) atoms. The van der Waals surface area contributed by atoms with Gasteiger partial charge in [-0.25, -0.2) is 0 Å². The smallest absolute Gasteiger partial charge is 0.268 e. The molecule has 3 amide bonds. The van der Waals surface area contributed by atoms with Gasteiger partial charge in [-0.15, -0.1) is 0 Å². The third-order valence-corrected chi connectivity index (χ3v) is 5.19. The average molecular weight is 331 g/mol. The normalized spacial score (nSPS) is 16.0. The molecule has 0 saturated carbocycles. The molecule has 0 N–H and O–H groups in total. The van der Waals surface area contributed by atoms with E-state index in [-0.39, 0.29) is 31.2 Å². The number of hydrogen-bond donors (Lipinski definition) is 0. The van der Waals surface area contributed by atoms with Gasteiger partial charge in [0.25, 0.3) is 5.91 Å². The number of thiazole rings is 1. The Kier molecular flexibility index (Phi) is 3.89. The Morgan fingerprint density at radius 3 is 2.43 bits per heavy atom. The molecule has 0 spiro atoms. The second-order valence-corrected chi connectivity index (χ2v) is 6.74. The first-order valence-corrected chi connectivity index (χ1v) is 8.16. The highest BCUT2D eigenvalue weighted by molar-refractivity contribution is 7.16. The monoisotopic (exact) mass is 331 g/mol. The zero-order valence-corrected chi connectivity index (χ0v) is 14.1. The van der Waals surface area contributed by atoms with E-state index in [1.54, 1.807) is 0 Å². The Labute approximate surface area is 137 Å². The summed E-state index contributed by atoms with van der Waals surface area (Å²) < 4.78 is 2.91. The molecule has 1 aromatic heterocycles. The molecule has 3 rings (SSSR count). The Morgan fingerprint density at radius 1 is 1.17 bits per heavy atom. The van der Waals surface area contributed by atoms with E-state index >= 15 is 0 Å². The van der Waals surface area contributed by atoms with Crippen LogP contribution in [-0.2, 0) is 21.4 Å².